The van der Waals surface area contributed by atoms with E-state index in [2.05, 4.69) is 24.0 Å². The van der Waals surface area contributed by atoms with Crippen LogP contribution < -0.4 is 0 Å². The van der Waals surface area contributed by atoms with Crippen LogP contribution in [0.3, 0.4) is 0 Å². The lowest BCUT2D eigenvalue weighted by molar-refractivity contribution is 0.284. The van der Waals surface area contributed by atoms with Crippen molar-refractivity contribution in [3.63, 3.8) is 0 Å². The average molecular weight is 247 g/mol. The van der Waals surface area contributed by atoms with Crippen molar-refractivity contribution in [1.82, 2.24) is 4.98 Å². The number of benzene rings is 1. The number of aliphatic hydroxyl groups is 1. The number of thiazole rings is 1. The summed E-state index contributed by atoms with van der Waals surface area (Å²) < 4.78 is 0. The maximum atomic E-state index is 9.29. The lowest BCUT2D eigenvalue weighted by atomic mass is 10.2. The predicted octanol–water partition coefficient (Wildman–Crippen LogP) is 3.18. The lowest BCUT2D eigenvalue weighted by Crippen LogP contribution is -1.91. The molecule has 90 valence electrons. The molecule has 0 aliphatic heterocycles. The first-order chi connectivity index (χ1) is 8.33. The number of rotatable bonds is 5. The maximum absolute atomic E-state index is 9.29. The van der Waals surface area contributed by atoms with Crippen LogP contribution in [0, 0.1) is 0 Å². The van der Waals surface area contributed by atoms with Gasteiger partial charge in [0.05, 0.1) is 22.2 Å². The third-order valence-corrected chi connectivity index (χ3v) is 3.73. The average Bonchev–Trinajstić information content (AvgIpc) is 2.73. The van der Waals surface area contributed by atoms with Gasteiger partial charge in [0.1, 0.15) is 0 Å². The Kier molecular flexibility index (Phi) is 4.29. The van der Waals surface area contributed by atoms with Crippen LogP contribution in [0.1, 0.15) is 34.5 Å². The summed E-state index contributed by atoms with van der Waals surface area (Å²) in [7, 11) is 0. The first-order valence-electron chi connectivity index (χ1n) is 5.95. The van der Waals surface area contributed by atoms with Crippen molar-refractivity contribution in [2.24, 2.45) is 0 Å². The third-order valence-electron chi connectivity index (χ3n) is 2.65. The molecule has 2 nitrogen and oxygen atoms in total. The molecule has 2 rings (SSSR count). The molecule has 1 N–H and O–H groups in total. The highest BCUT2D eigenvalue weighted by Gasteiger charge is 2.09. The van der Waals surface area contributed by atoms with Crippen LogP contribution in [0.4, 0.5) is 0 Å². The molecule has 0 spiro atoms. The van der Waals surface area contributed by atoms with Crippen molar-refractivity contribution >= 4 is 11.3 Å². The normalized spacial score (nSPS) is 10.7. The Bertz CT molecular complexity index is 464. The Morgan fingerprint density at radius 3 is 2.65 bits per heavy atom. The number of aryl methyl sites for hydroxylation is 1. The zero-order chi connectivity index (χ0) is 12.1. The van der Waals surface area contributed by atoms with E-state index in [0.29, 0.717) is 0 Å². The molecule has 0 amide bonds. The Morgan fingerprint density at radius 1 is 1.24 bits per heavy atom. The van der Waals surface area contributed by atoms with Gasteiger partial charge in [-0.2, -0.15) is 0 Å². The van der Waals surface area contributed by atoms with Crippen molar-refractivity contribution in [3.05, 3.63) is 51.5 Å². The molecule has 1 aromatic heterocycles. The zero-order valence-corrected chi connectivity index (χ0v) is 10.8. The minimum absolute atomic E-state index is 0.113. The van der Waals surface area contributed by atoms with Crippen LogP contribution in [0.5, 0.6) is 0 Å². The summed E-state index contributed by atoms with van der Waals surface area (Å²) in [5.41, 5.74) is 2.35. The number of hydrogen-bond donors (Lipinski definition) is 1. The number of hydrogen-bond acceptors (Lipinski definition) is 3. The van der Waals surface area contributed by atoms with Gasteiger partial charge in [-0.25, -0.2) is 4.98 Å². The fourth-order valence-corrected chi connectivity index (χ4v) is 2.85. The second kappa shape index (κ2) is 5.94. The van der Waals surface area contributed by atoms with Crippen molar-refractivity contribution < 1.29 is 5.11 Å². The molecule has 0 atom stereocenters. The summed E-state index contributed by atoms with van der Waals surface area (Å²) in [6.45, 7) is 2.25. The van der Waals surface area contributed by atoms with Gasteiger partial charge in [-0.05, 0) is 12.0 Å². The Balaban J connectivity index is 2.16. The van der Waals surface area contributed by atoms with E-state index in [4.69, 9.17) is 0 Å². The molecule has 0 saturated heterocycles. The number of aromatic nitrogens is 1. The molecular weight excluding hydrogens is 230 g/mol. The number of nitrogens with zero attached hydrogens (tertiary/aromatic N) is 1. The zero-order valence-electron chi connectivity index (χ0n) is 10.0. The number of aliphatic hydroxyl groups excluding tert-OH is 1. The van der Waals surface area contributed by atoms with E-state index in [0.717, 1.165) is 34.8 Å². The Morgan fingerprint density at radius 2 is 2.00 bits per heavy atom. The van der Waals surface area contributed by atoms with E-state index in [-0.39, 0.29) is 6.61 Å². The van der Waals surface area contributed by atoms with Gasteiger partial charge >= 0.3 is 0 Å². The predicted molar refractivity (Wildman–Crippen MR) is 71.3 cm³/mol. The van der Waals surface area contributed by atoms with Crippen molar-refractivity contribution in [1.29, 1.82) is 0 Å². The Hall–Kier alpha value is -1.19. The smallest absolute Gasteiger partial charge is 0.0975 e. The first kappa shape index (κ1) is 12.3. The van der Waals surface area contributed by atoms with Crippen LogP contribution in [-0.4, -0.2) is 10.1 Å². The summed E-state index contributed by atoms with van der Waals surface area (Å²) in [6.07, 6.45) is 2.89. The van der Waals surface area contributed by atoms with Gasteiger partial charge in [-0.15, -0.1) is 11.3 Å². The molecular formula is C14H17NOS. The van der Waals surface area contributed by atoms with Gasteiger partial charge < -0.3 is 5.11 Å². The van der Waals surface area contributed by atoms with Crippen LogP contribution in [0.25, 0.3) is 0 Å². The van der Waals surface area contributed by atoms with Crippen molar-refractivity contribution in [2.45, 2.75) is 32.8 Å². The monoisotopic (exact) mass is 247 g/mol. The van der Waals surface area contributed by atoms with Gasteiger partial charge in [-0.3, -0.25) is 0 Å². The van der Waals surface area contributed by atoms with Gasteiger partial charge in [0.15, 0.2) is 0 Å². The van der Waals surface area contributed by atoms with Crippen LogP contribution in [0.2, 0.25) is 0 Å². The molecule has 1 heterocycles. The summed E-state index contributed by atoms with van der Waals surface area (Å²) in [5, 5.41) is 10.4. The molecule has 1 aromatic carbocycles. The molecule has 0 fully saturated rings. The van der Waals surface area contributed by atoms with Crippen LogP contribution in [0.15, 0.2) is 30.3 Å². The maximum Gasteiger partial charge on any atom is 0.0975 e. The van der Waals surface area contributed by atoms with E-state index in [1.807, 2.05) is 18.2 Å². The highest BCUT2D eigenvalue weighted by molar-refractivity contribution is 7.11. The highest BCUT2D eigenvalue weighted by Crippen LogP contribution is 2.22. The van der Waals surface area contributed by atoms with E-state index < -0.39 is 0 Å². The standard InChI is InChI=1S/C14H17NOS/c1-2-6-12-13(10-16)17-14(15-12)9-11-7-4-3-5-8-11/h3-5,7-8,16H,2,6,9-10H2,1H3. The van der Waals surface area contributed by atoms with E-state index in [1.165, 1.54) is 5.56 Å². The summed E-state index contributed by atoms with van der Waals surface area (Å²) in [5.74, 6) is 0. The molecule has 0 unspecified atom stereocenters. The second-order valence-electron chi connectivity index (χ2n) is 4.05. The fraction of sp³-hybridized carbons (Fsp3) is 0.357. The van der Waals surface area contributed by atoms with E-state index in [1.54, 1.807) is 11.3 Å². The molecule has 17 heavy (non-hydrogen) atoms. The van der Waals surface area contributed by atoms with Crippen molar-refractivity contribution in [2.75, 3.05) is 0 Å². The molecule has 0 radical (unpaired) electrons. The molecule has 0 saturated carbocycles. The summed E-state index contributed by atoms with van der Waals surface area (Å²) in [6, 6.07) is 10.3. The first-order valence-corrected chi connectivity index (χ1v) is 6.77. The minimum Gasteiger partial charge on any atom is -0.391 e. The topological polar surface area (TPSA) is 33.1 Å². The fourth-order valence-electron chi connectivity index (χ4n) is 1.84. The van der Waals surface area contributed by atoms with Crippen LogP contribution in [-0.2, 0) is 19.4 Å². The summed E-state index contributed by atoms with van der Waals surface area (Å²) in [4.78, 5) is 5.65. The molecule has 3 heteroatoms. The van der Waals surface area contributed by atoms with Crippen molar-refractivity contribution in [3.8, 4) is 0 Å². The molecule has 0 bridgehead atoms. The Labute approximate surface area is 106 Å². The second-order valence-corrected chi connectivity index (χ2v) is 5.22. The van der Waals surface area contributed by atoms with Gasteiger partial charge in [0, 0.05) is 6.42 Å². The molecule has 0 aliphatic rings. The minimum atomic E-state index is 0.113. The van der Waals surface area contributed by atoms with Gasteiger partial charge in [0.25, 0.3) is 0 Å². The van der Waals surface area contributed by atoms with E-state index >= 15 is 0 Å². The SMILES string of the molecule is CCCc1nc(Cc2ccccc2)sc1CO. The largest absolute Gasteiger partial charge is 0.391 e. The summed E-state index contributed by atoms with van der Waals surface area (Å²) >= 11 is 1.63. The van der Waals surface area contributed by atoms with Gasteiger partial charge in [-0.1, -0.05) is 43.7 Å². The quantitative estimate of drug-likeness (QED) is 0.880. The molecule has 0 aliphatic carbocycles. The van der Waals surface area contributed by atoms with Gasteiger partial charge in [0.2, 0.25) is 0 Å². The third kappa shape index (κ3) is 3.14. The molecule has 2 aromatic rings. The van der Waals surface area contributed by atoms with E-state index in [9.17, 15) is 5.11 Å². The van der Waals surface area contributed by atoms with Crippen LogP contribution >= 0.6 is 11.3 Å². The lowest BCUT2D eigenvalue weighted by Gasteiger charge is -1.96. The highest BCUT2D eigenvalue weighted by atomic mass is 32.1.